The number of urea groups is 1. The molecule has 2 amide bonds. The predicted molar refractivity (Wildman–Crippen MR) is 75.9 cm³/mol. The Hall–Kier alpha value is -2.44. The lowest BCUT2D eigenvalue weighted by molar-refractivity contribution is 0.234. The first-order valence-electron chi connectivity index (χ1n) is 6.63. The molecule has 1 aromatic heterocycles. The molecule has 0 saturated carbocycles. The van der Waals surface area contributed by atoms with E-state index in [1.807, 2.05) is 6.92 Å². The molecule has 0 aliphatic heterocycles. The van der Waals surface area contributed by atoms with Crippen LogP contribution in [0.5, 0.6) is 0 Å². The summed E-state index contributed by atoms with van der Waals surface area (Å²) >= 11 is 0. The van der Waals surface area contributed by atoms with Gasteiger partial charge in [0.25, 0.3) is 0 Å². The average Bonchev–Trinajstić information content (AvgIpc) is 2.84. The lowest BCUT2D eigenvalue weighted by Gasteiger charge is -2.18. The molecule has 2 N–H and O–H groups in total. The molecule has 1 heterocycles. The maximum atomic E-state index is 13.2. The van der Waals surface area contributed by atoms with Crippen LogP contribution in [0.2, 0.25) is 0 Å². The van der Waals surface area contributed by atoms with Crippen LogP contribution in [0.3, 0.4) is 0 Å². The minimum Gasteiger partial charge on any atom is -0.332 e. The zero-order valence-corrected chi connectivity index (χ0v) is 12.2. The van der Waals surface area contributed by atoms with Crippen molar-refractivity contribution in [3.8, 4) is 0 Å². The van der Waals surface area contributed by atoms with Crippen LogP contribution in [-0.2, 0) is 7.05 Å². The van der Waals surface area contributed by atoms with Gasteiger partial charge in [-0.2, -0.15) is 0 Å². The Morgan fingerprint density at radius 2 is 2.00 bits per heavy atom. The van der Waals surface area contributed by atoms with E-state index >= 15 is 0 Å². The molecule has 21 heavy (non-hydrogen) atoms. The van der Waals surface area contributed by atoms with Gasteiger partial charge in [0.2, 0.25) is 0 Å². The second-order valence-corrected chi connectivity index (χ2v) is 4.92. The average molecular weight is 291 g/mol. The van der Waals surface area contributed by atoms with Gasteiger partial charge in [-0.3, -0.25) is 0 Å². The summed E-state index contributed by atoms with van der Waals surface area (Å²) in [5.41, 5.74) is 0.705. The molecule has 0 radical (unpaired) electrons. The first-order chi connectivity index (χ1) is 9.97. The largest absolute Gasteiger partial charge is 0.332 e. The maximum Gasteiger partial charge on any atom is 0.315 e. The van der Waals surface area contributed by atoms with Gasteiger partial charge in [0, 0.05) is 7.05 Å². The molecule has 112 valence electrons. The number of benzene rings is 1. The lowest BCUT2D eigenvalue weighted by Crippen LogP contribution is -2.39. The smallest absolute Gasteiger partial charge is 0.315 e. The Kier molecular flexibility index (Phi) is 4.52. The number of carbonyl (C=O) groups is 1. The Morgan fingerprint density at radius 3 is 2.62 bits per heavy atom. The predicted octanol–water partition coefficient (Wildman–Crippen LogP) is 2.08. The highest BCUT2D eigenvalue weighted by Gasteiger charge is 2.16. The molecule has 6 nitrogen and oxygen atoms in total. The van der Waals surface area contributed by atoms with Crippen molar-refractivity contribution in [1.82, 2.24) is 25.4 Å². The number of nitrogens with one attached hydrogen (secondary N) is 2. The second-order valence-electron chi connectivity index (χ2n) is 4.92. The summed E-state index contributed by atoms with van der Waals surface area (Å²) in [6.45, 7) is 3.61. The van der Waals surface area contributed by atoms with Crippen LogP contribution in [0.25, 0.3) is 0 Å². The molecule has 2 atom stereocenters. The number of hydrogen-bond acceptors (Lipinski definition) is 3. The van der Waals surface area contributed by atoms with Crippen molar-refractivity contribution >= 4 is 6.03 Å². The number of halogens is 1. The summed E-state index contributed by atoms with van der Waals surface area (Å²) in [5, 5.41) is 13.2. The molecule has 0 aliphatic rings. The van der Waals surface area contributed by atoms with Crippen LogP contribution >= 0.6 is 0 Å². The van der Waals surface area contributed by atoms with Crippen molar-refractivity contribution in [3.63, 3.8) is 0 Å². The summed E-state index contributed by atoms with van der Waals surface area (Å²) in [6.07, 6.45) is 1.57. The van der Waals surface area contributed by atoms with Crippen LogP contribution in [-0.4, -0.2) is 20.8 Å². The summed E-state index contributed by atoms with van der Waals surface area (Å²) in [5.74, 6) is 0.331. The third kappa shape index (κ3) is 3.77. The summed E-state index contributed by atoms with van der Waals surface area (Å²) < 4.78 is 14.9. The van der Waals surface area contributed by atoms with Gasteiger partial charge in [-0.05, 0) is 31.5 Å². The normalized spacial score (nSPS) is 13.5. The zero-order valence-electron chi connectivity index (χ0n) is 12.2. The van der Waals surface area contributed by atoms with Gasteiger partial charge in [0.1, 0.15) is 12.1 Å². The van der Waals surface area contributed by atoms with Crippen molar-refractivity contribution in [2.75, 3.05) is 0 Å². The van der Waals surface area contributed by atoms with Crippen molar-refractivity contribution in [3.05, 3.63) is 47.8 Å². The highest BCUT2D eigenvalue weighted by molar-refractivity contribution is 5.74. The van der Waals surface area contributed by atoms with Crippen molar-refractivity contribution < 1.29 is 9.18 Å². The molecule has 0 bridgehead atoms. The maximum absolute atomic E-state index is 13.2. The standard InChI is InChI=1S/C14H18FN5O/c1-9(11-5-4-6-12(15)7-11)17-14(21)18-10(2)13-19-16-8-20(13)3/h4-10H,1-3H3,(H2,17,18,21)/t9-,10+/m0/s1. The topological polar surface area (TPSA) is 71.8 Å². The van der Waals surface area contributed by atoms with E-state index < -0.39 is 0 Å². The molecule has 1 aromatic carbocycles. The van der Waals surface area contributed by atoms with Gasteiger partial charge in [-0.15, -0.1) is 10.2 Å². The number of nitrogens with zero attached hydrogens (tertiary/aromatic N) is 3. The van der Waals surface area contributed by atoms with Crippen LogP contribution in [0.1, 0.15) is 37.3 Å². The molecule has 0 saturated heterocycles. The summed E-state index contributed by atoms with van der Waals surface area (Å²) in [7, 11) is 1.81. The van der Waals surface area contributed by atoms with E-state index in [0.29, 0.717) is 11.4 Å². The number of aromatic nitrogens is 3. The lowest BCUT2D eigenvalue weighted by atomic mass is 10.1. The Balaban J connectivity index is 1.94. The van der Waals surface area contributed by atoms with Gasteiger partial charge in [-0.1, -0.05) is 12.1 Å². The first kappa shape index (κ1) is 15.0. The van der Waals surface area contributed by atoms with Gasteiger partial charge in [0.15, 0.2) is 5.82 Å². The molecule has 2 aromatic rings. The molecule has 0 aliphatic carbocycles. The zero-order chi connectivity index (χ0) is 15.4. The first-order valence-corrected chi connectivity index (χ1v) is 6.63. The SMILES string of the molecule is C[C@H](NC(=O)N[C@H](C)c1nncn1C)c1cccc(F)c1. The highest BCUT2D eigenvalue weighted by atomic mass is 19.1. The third-order valence-electron chi connectivity index (χ3n) is 3.18. The fraction of sp³-hybridized carbons (Fsp3) is 0.357. The van der Waals surface area contributed by atoms with E-state index in [-0.39, 0.29) is 23.9 Å². The number of amides is 2. The van der Waals surface area contributed by atoms with Crippen LogP contribution < -0.4 is 10.6 Å². The quantitative estimate of drug-likeness (QED) is 0.906. The van der Waals surface area contributed by atoms with Crippen molar-refractivity contribution in [1.29, 1.82) is 0 Å². The second kappa shape index (κ2) is 6.34. The van der Waals surface area contributed by atoms with Gasteiger partial charge >= 0.3 is 6.03 Å². The van der Waals surface area contributed by atoms with E-state index in [9.17, 15) is 9.18 Å². The van der Waals surface area contributed by atoms with E-state index in [0.717, 1.165) is 0 Å². The molecule has 0 unspecified atom stereocenters. The van der Waals surface area contributed by atoms with Gasteiger partial charge in [-0.25, -0.2) is 9.18 Å². The van der Waals surface area contributed by atoms with Crippen LogP contribution in [0.15, 0.2) is 30.6 Å². The Labute approximate surface area is 122 Å². The number of carbonyl (C=O) groups excluding carboxylic acids is 1. The molecular formula is C14H18FN5O. The van der Waals surface area contributed by atoms with Gasteiger partial charge < -0.3 is 15.2 Å². The number of rotatable bonds is 4. The van der Waals surface area contributed by atoms with E-state index in [2.05, 4.69) is 20.8 Å². The molecule has 0 fully saturated rings. The molecular weight excluding hydrogens is 273 g/mol. The minimum absolute atomic E-state index is 0.280. The van der Waals surface area contributed by atoms with Crippen molar-refractivity contribution in [2.45, 2.75) is 25.9 Å². The fourth-order valence-corrected chi connectivity index (χ4v) is 2.04. The minimum atomic E-state index is -0.345. The highest BCUT2D eigenvalue weighted by Crippen LogP contribution is 2.13. The monoisotopic (exact) mass is 291 g/mol. The molecule has 7 heteroatoms. The number of hydrogen-bond donors (Lipinski definition) is 2. The van der Waals surface area contributed by atoms with Gasteiger partial charge in [0.05, 0.1) is 12.1 Å². The Morgan fingerprint density at radius 1 is 1.29 bits per heavy atom. The third-order valence-corrected chi connectivity index (χ3v) is 3.18. The molecule has 2 rings (SSSR count). The summed E-state index contributed by atoms with van der Waals surface area (Å²) in [4.78, 5) is 12.0. The molecule has 0 spiro atoms. The Bertz CT molecular complexity index is 627. The van der Waals surface area contributed by atoms with Crippen LogP contribution in [0.4, 0.5) is 9.18 Å². The number of aryl methyl sites for hydroxylation is 1. The van der Waals surface area contributed by atoms with E-state index in [1.54, 1.807) is 37.0 Å². The van der Waals surface area contributed by atoms with Crippen molar-refractivity contribution in [2.24, 2.45) is 7.05 Å². The fourth-order valence-electron chi connectivity index (χ4n) is 2.04. The summed E-state index contributed by atoms with van der Waals surface area (Å²) in [6, 6.07) is 5.22. The van der Waals surface area contributed by atoms with E-state index in [4.69, 9.17) is 0 Å². The van der Waals surface area contributed by atoms with Crippen LogP contribution in [0, 0.1) is 5.82 Å². The van der Waals surface area contributed by atoms with E-state index in [1.165, 1.54) is 12.1 Å².